The highest BCUT2D eigenvalue weighted by atomic mass is 32.1. The maximum Gasteiger partial charge on any atom is 0.0555 e. The largest absolute Gasteiger partial charge is 0.309 e. The second kappa shape index (κ2) is 14.7. The standard InChI is InChI=1S/C58H49NS/c1-57(2,3)41-35-40(36-42(37-41)58(4,5)6)44-27-16-21-39-22-17-29-48(55(39)44)47-25-10-13-31-51(47)59(52-32-18-34-54-56(52)49-26-11-14-33-53(49)60-54)50-30-12-9-24-46(50)45-28-15-20-38-19-7-8-23-43(38)45/h7-37H,1-6H3. The summed E-state index contributed by atoms with van der Waals surface area (Å²) in [5.74, 6) is 0. The second-order valence-corrected chi connectivity index (χ2v) is 19.2. The molecule has 10 rings (SSSR count). The van der Waals surface area contributed by atoms with Gasteiger partial charge in [0.05, 0.1) is 17.1 Å². The number of para-hydroxylation sites is 2. The zero-order valence-corrected chi connectivity index (χ0v) is 36.1. The van der Waals surface area contributed by atoms with Crippen LogP contribution in [0.2, 0.25) is 0 Å². The third-order valence-electron chi connectivity index (χ3n) is 12.2. The SMILES string of the molecule is CC(C)(C)c1cc(-c2cccc3cccc(-c4ccccc4N(c4ccccc4-c4cccc5ccccc45)c4cccc5sc6ccccc6c45)c23)cc(C(C)(C)C)c1. The quantitative estimate of drug-likeness (QED) is 0.162. The summed E-state index contributed by atoms with van der Waals surface area (Å²) in [7, 11) is 0. The molecule has 1 aromatic heterocycles. The van der Waals surface area contributed by atoms with E-state index in [9.17, 15) is 0 Å². The highest BCUT2D eigenvalue weighted by Gasteiger charge is 2.26. The molecule has 10 aromatic rings. The van der Waals surface area contributed by atoms with E-state index < -0.39 is 0 Å². The molecule has 0 aliphatic heterocycles. The summed E-state index contributed by atoms with van der Waals surface area (Å²) in [6.07, 6.45) is 0. The number of hydrogen-bond donors (Lipinski definition) is 0. The smallest absolute Gasteiger partial charge is 0.0555 e. The second-order valence-electron chi connectivity index (χ2n) is 18.2. The highest BCUT2D eigenvalue weighted by molar-refractivity contribution is 7.26. The highest BCUT2D eigenvalue weighted by Crippen LogP contribution is 2.51. The van der Waals surface area contributed by atoms with E-state index in [4.69, 9.17) is 0 Å². The number of fused-ring (bicyclic) bond motifs is 5. The topological polar surface area (TPSA) is 3.24 Å². The Morgan fingerprint density at radius 3 is 1.50 bits per heavy atom. The third kappa shape index (κ3) is 6.57. The van der Waals surface area contributed by atoms with E-state index in [0.29, 0.717) is 0 Å². The first-order chi connectivity index (χ1) is 29.0. The van der Waals surface area contributed by atoms with Crippen molar-refractivity contribution in [2.45, 2.75) is 52.4 Å². The molecular weight excluding hydrogens is 743 g/mol. The number of nitrogens with zero attached hydrogens (tertiary/aromatic N) is 1. The maximum atomic E-state index is 2.55. The van der Waals surface area contributed by atoms with Crippen LogP contribution in [0.4, 0.5) is 17.1 Å². The Hall–Kier alpha value is -6.48. The molecule has 292 valence electrons. The minimum absolute atomic E-state index is 0.000835. The molecule has 0 aliphatic carbocycles. The zero-order valence-electron chi connectivity index (χ0n) is 35.3. The van der Waals surface area contributed by atoms with Crippen LogP contribution in [-0.2, 0) is 10.8 Å². The zero-order chi connectivity index (χ0) is 41.2. The minimum atomic E-state index is 0.000835. The van der Waals surface area contributed by atoms with Crippen LogP contribution in [0.3, 0.4) is 0 Å². The predicted molar refractivity (Wildman–Crippen MR) is 263 cm³/mol. The van der Waals surface area contributed by atoms with Crippen molar-refractivity contribution in [3.05, 3.63) is 199 Å². The lowest BCUT2D eigenvalue weighted by Gasteiger charge is -2.31. The van der Waals surface area contributed by atoms with Crippen molar-refractivity contribution in [3.8, 4) is 33.4 Å². The fourth-order valence-electron chi connectivity index (χ4n) is 9.04. The number of anilines is 3. The summed E-state index contributed by atoms with van der Waals surface area (Å²) >= 11 is 1.87. The number of hydrogen-bond acceptors (Lipinski definition) is 2. The van der Waals surface area contributed by atoms with Gasteiger partial charge in [0, 0.05) is 31.3 Å². The van der Waals surface area contributed by atoms with Crippen molar-refractivity contribution in [2.24, 2.45) is 0 Å². The Balaban J connectivity index is 1.29. The fraction of sp³-hybridized carbons (Fsp3) is 0.138. The summed E-state index contributed by atoms with van der Waals surface area (Å²) in [5, 5.41) is 7.51. The van der Waals surface area contributed by atoms with E-state index in [0.717, 1.165) is 11.4 Å². The van der Waals surface area contributed by atoms with Crippen LogP contribution in [0.5, 0.6) is 0 Å². The normalized spacial score (nSPS) is 12.2. The average Bonchev–Trinajstić information content (AvgIpc) is 3.65. The van der Waals surface area contributed by atoms with Gasteiger partial charge in [-0.3, -0.25) is 0 Å². The van der Waals surface area contributed by atoms with E-state index in [-0.39, 0.29) is 10.8 Å². The van der Waals surface area contributed by atoms with Gasteiger partial charge in [0.2, 0.25) is 0 Å². The van der Waals surface area contributed by atoms with Crippen LogP contribution in [0.25, 0.3) is 75.1 Å². The first-order valence-corrected chi connectivity index (χ1v) is 21.9. The van der Waals surface area contributed by atoms with Gasteiger partial charge in [-0.2, -0.15) is 0 Å². The molecule has 60 heavy (non-hydrogen) atoms. The van der Waals surface area contributed by atoms with Gasteiger partial charge < -0.3 is 4.90 Å². The van der Waals surface area contributed by atoms with E-state index in [2.05, 4.69) is 234 Å². The number of thiophene rings is 1. The predicted octanol–water partition coefficient (Wildman–Crippen LogP) is 17.4. The van der Waals surface area contributed by atoms with Crippen LogP contribution < -0.4 is 4.90 Å². The molecule has 2 heteroatoms. The summed E-state index contributed by atoms with van der Waals surface area (Å²) in [6, 6.07) is 70.1. The van der Waals surface area contributed by atoms with Gasteiger partial charge in [0.15, 0.2) is 0 Å². The first-order valence-electron chi connectivity index (χ1n) is 21.1. The molecule has 0 atom stereocenters. The molecule has 0 spiro atoms. The fourth-order valence-corrected chi connectivity index (χ4v) is 10.2. The van der Waals surface area contributed by atoms with Crippen molar-refractivity contribution in [2.75, 3.05) is 4.90 Å². The lowest BCUT2D eigenvalue weighted by Crippen LogP contribution is -2.16. The van der Waals surface area contributed by atoms with E-state index in [1.54, 1.807) is 0 Å². The van der Waals surface area contributed by atoms with Crippen molar-refractivity contribution in [1.82, 2.24) is 0 Å². The Labute approximate surface area is 358 Å². The van der Waals surface area contributed by atoms with Gasteiger partial charge in [-0.05, 0) is 96.1 Å². The molecule has 0 amide bonds. The minimum Gasteiger partial charge on any atom is -0.309 e. The van der Waals surface area contributed by atoms with Crippen LogP contribution in [0.15, 0.2) is 188 Å². The molecule has 0 bridgehead atoms. The maximum absolute atomic E-state index is 2.55. The van der Waals surface area contributed by atoms with Crippen molar-refractivity contribution < 1.29 is 0 Å². The molecule has 0 unspecified atom stereocenters. The number of benzene rings is 9. The Kier molecular flexibility index (Phi) is 9.23. The molecule has 1 heterocycles. The van der Waals surface area contributed by atoms with Crippen molar-refractivity contribution in [3.63, 3.8) is 0 Å². The van der Waals surface area contributed by atoms with E-state index in [1.165, 1.54) is 91.9 Å². The summed E-state index contributed by atoms with van der Waals surface area (Å²) in [4.78, 5) is 2.55. The molecule has 0 N–H and O–H groups in total. The van der Waals surface area contributed by atoms with Crippen LogP contribution in [0.1, 0.15) is 52.7 Å². The van der Waals surface area contributed by atoms with Crippen LogP contribution in [-0.4, -0.2) is 0 Å². The van der Waals surface area contributed by atoms with E-state index >= 15 is 0 Å². The Morgan fingerprint density at radius 1 is 0.350 bits per heavy atom. The first kappa shape index (κ1) is 37.8. The summed E-state index contributed by atoms with van der Waals surface area (Å²) < 4.78 is 2.57. The lowest BCUT2D eigenvalue weighted by atomic mass is 9.78. The van der Waals surface area contributed by atoms with Crippen molar-refractivity contribution in [1.29, 1.82) is 0 Å². The summed E-state index contributed by atoms with van der Waals surface area (Å²) in [6.45, 7) is 13.9. The third-order valence-corrected chi connectivity index (χ3v) is 13.3. The Bertz CT molecular complexity index is 3200. The molecule has 0 fully saturated rings. The van der Waals surface area contributed by atoms with Crippen LogP contribution >= 0.6 is 11.3 Å². The molecule has 0 radical (unpaired) electrons. The monoisotopic (exact) mass is 791 g/mol. The van der Waals surface area contributed by atoms with Gasteiger partial charge in [0.25, 0.3) is 0 Å². The molecular formula is C58H49NS. The van der Waals surface area contributed by atoms with Gasteiger partial charge in [0.1, 0.15) is 0 Å². The molecule has 0 aliphatic rings. The van der Waals surface area contributed by atoms with Gasteiger partial charge in [-0.15, -0.1) is 11.3 Å². The van der Waals surface area contributed by atoms with Crippen molar-refractivity contribution >= 4 is 70.1 Å². The molecule has 0 saturated heterocycles. The lowest BCUT2D eigenvalue weighted by molar-refractivity contribution is 0.569. The van der Waals surface area contributed by atoms with Gasteiger partial charge in [-0.1, -0.05) is 199 Å². The number of rotatable bonds is 6. The van der Waals surface area contributed by atoms with E-state index in [1.807, 2.05) is 11.3 Å². The molecule has 0 saturated carbocycles. The summed E-state index contributed by atoms with van der Waals surface area (Å²) in [5.41, 5.74) is 13.5. The van der Waals surface area contributed by atoms with Gasteiger partial charge in [-0.25, -0.2) is 0 Å². The van der Waals surface area contributed by atoms with Crippen LogP contribution in [0, 0.1) is 0 Å². The molecule has 9 aromatic carbocycles. The molecule has 1 nitrogen and oxygen atoms in total. The van der Waals surface area contributed by atoms with Gasteiger partial charge >= 0.3 is 0 Å². The Morgan fingerprint density at radius 2 is 0.817 bits per heavy atom. The average molecular weight is 792 g/mol.